The zero-order valence-electron chi connectivity index (χ0n) is 14.8. The SMILES string of the molecule is Cc1cc(-c2cccnc2-c2cc(F)c(S(N)(=O)=O)c(F)c2)ccc1C(F)(F)F. The van der Waals surface area contributed by atoms with Crippen LogP contribution in [0.25, 0.3) is 22.4 Å². The molecule has 0 unspecified atom stereocenters. The number of primary sulfonamides is 1. The molecular weight excluding hydrogens is 415 g/mol. The van der Waals surface area contributed by atoms with E-state index in [1.54, 1.807) is 0 Å². The van der Waals surface area contributed by atoms with Gasteiger partial charge in [-0.1, -0.05) is 18.2 Å². The van der Waals surface area contributed by atoms with Crippen molar-refractivity contribution in [2.24, 2.45) is 5.14 Å². The van der Waals surface area contributed by atoms with Crippen molar-refractivity contribution >= 4 is 10.0 Å². The first kappa shape index (κ1) is 20.9. The molecule has 0 aliphatic carbocycles. The van der Waals surface area contributed by atoms with Crippen LogP contribution in [0.15, 0.2) is 53.6 Å². The lowest BCUT2D eigenvalue weighted by molar-refractivity contribution is -0.138. The summed E-state index contributed by atoms with van der Waals surface area (Å²) in [6.07, 6.45) is -3.19. The number of aryl methyl sites for hydroxylation is 1. The van der Waals surface area contributed by atoms with E-state index in [1.807, 2.05) is 0 Å². The number of nitrogens with zero attached hydrogens (tertiary/aromatic N) is 1. The number of pyridine rings is 1. The Morgan fingerprint density at radius 1 is 0.966 bits per heavy atom. The van der Waals surface area contributed by atoms with Crippen molar-refractivity contribution in [3.8, 4) is 22.4 Å². The second-order valence-electron chi connectivity index (χ2n) is 6.24. The highest BCUT2D eigenvalue weighted by Gasteiger charge is 2.32. The van der Waals surface area contributed by atoms with Crippen LogP contribution in [0.1, 0.15) is 11.1 Å². The molecule has 4 nitrogen and oxygen atoms in total. The van der Waals surface area contributed by atoms with Gasteiger partial charge in [-0.25, -0.2) is 22.3 Å². The van der Waals surface area contributed by atoms with Gasteiger partial charge in [-0.3, -0.25) is 4.98 Å². The lowest BCUT2D eigenvalue weighted by Crippen LogP contribution is -2.16. The van der Waals surface area contributed by atoms with Crippen LogP contribution in [0, 0.1) is 18.6 Å². The quantitative estimate of drug-likeness (QED) is 0.617. The largest absolute Gasteiger partial charge is 0.416 e. The Kier molecular flexibility index (Phi) is 5.18. The normalized spacial score (nSPS) is 12.2. The summed E-state index contributed by atoms with van der Waals surface area (Å²) in [5.74, 6) is -2.80. The maximum Gasteiger partial charge on any atom is 0.416 e. The van der Waals surface area contributed by atoms with Gasteiger partial charge in [0.15, 0.2) is 4.90 Å². The average molecular weight is 428 g/mol. The summed E-state index contributed by atoms with van der Waals surface area (Å²) in [5, 5.41) is 4.82. The minimum absolute atomic E-state index is 0.0354. The first-order valence-electron chi connectivity index (χ1n) is 8.05. The Balaban J connectivity index is 2.18. The lowest BCUT2D eigenvalue weighted by atomic mass is 9.96. The van der Waals surface area contributed by atoms with Crippen LogP contribution in [-0.4, -0.2) is 13.4 Å². The van der Waals surface area contributed by atoms with E-state index in [0.717, 1.165) is 18.2 Å². The lowest BCUT2D eigenvalue weighted by Gasteiger charge is -2.14. The number of halogens is 5. The molecule has 29 heavy (non-hydrogen) atoms. The van der Waals surface area contributed by atoms with Crippen LogP contribution in [-0.2, 0) is 16.2 Å². The van der Waals surface area contributed by atoms with E-state index in [9.17, 15) is 30.4 Å². The van der Waals surface area contributed by atoms with Crippen LogP contribution >= 0.6 is 0 Å². The van der Waals surface area contributed by atoms with Crippen molar-refractivity contribution in [3.63, 3.8) is 0 Å². The molecule has 0 aliphatic heterocycles. The van der Waals surface area contributed by atoms with Crippen molar-refractivity contribution in [1.82, 2.24) is 4.98 Å². The molecule has 10 heteroatoms. The molecule has 1 heterocycles. The molecule has 0 saturated heterocycles. The van der Waals surface area contributed by atoms with Crippen molar-refractivity contribution in [2.75, 3.05) is 0 Å². The van der Waals surface area contributed by atoms with Gasteiger partial charge in [0, 0.05) is 17.3 Å². The molecule has 0 saturated carbocycles. The number of nitrogens with two attached hydrogens (primary N) is 1. The molecule has 2 N–H and O–H groups in total. The fourth-order valence-corrected chi connectivity index (χ4v) is 3.65. The highest BCUT2D eigenvalue weighted by molar-refractivity contribution is 7.89. The smallest absolute Gasteiger partial charge is 0.256 e. The van der Waals surface area contributed by atoms with E-state index < -0.39 is 38.3 Å². The Morgan fingerprint density at radius 2 is 1.59 bits per heavy atom. The maximum atomic E-state index is 14.2. The standard InChI is InChI=1S/C19H13F5N2O2S/c1-10-7-11(4-5-14(10)19(22,23)24)13-3-2-6-26-17(13)12-8-15(20)18(16(21)9-12)29(25,27)28/h2-9H,1H3,(H2,25,27,28). The molecule has 0 spiro atoms. The first-order valence-corrected chi connectivity index (χ1v) is 9.59. The van der Waals surface area contributed by atoms with Crippen molar-refractivity contribution in [2.45, 2.75) is 18.0 Å². The summed E-state index contributed by atoms with van der Waals surface area (Å²) in [4.78, 5) is 2.79. The topological polar surface area (TPSA) is 73.0 Å². The number of alkyl halides is 3. The molecule has 152 valence electrons. The summed E-state index contributed by atoms with van der Waals surface area (Å²) in [5.41, 5.74) is -0.222. The minimum Gasteiger partial charge on any atom is -0.256 e. The summed E-state index contributed by atoms with van der Waals surface area (Å²) in [6, 6.07) is 7.96. The zero-order valence-corrected chi connectivity index (χ0v) is 15.6. The third kappa shape index (κ3) is 4.13. The molecule has 0 bridgehead atoms. The minimum atomic E-state index is -4.63. The molecule has 3 aromatic rings. The van der Waals surface area contributed by atoms with E-state index in [1.165, 1.54) is 37.4 Å². The van der Waals surface area contributed by atoms with E-state index in [0.29, 0.717) is 11.1 Å². The molecule has 1 aromatic heterocycles. The van der Waals surface area contributed by atoms with Gasteiger partial charge < -0.3 is 0 Å². The van der Waals surface area contributed by atoms with Crippen molar-refractivity contribution < 1.29 is 30.4 Å². The summed E-state index contributed by atoms with van der Waals surface area (Å²) < 4.78 is 90.1. The van der Waals surface area contributed by atoms with Crippen molar-refractivity contribution in [3.05, 3.63) is 71.4 Å². The molecular formula is C19H13F5N2O2S. The van der Waals surface area contributed by atoms with Crippen LogP contribution in [0.3, 0.4) is 0 Å². The molecule has 3 rings (SSSR count). The zero-order chi connectivity index (χ0) is 21.6. The Bertz CT molecular complexity index is 1180. The van der Waals surface area contributed by atoms with E-state index in [-0.39, 0.29) is 16.8 Å². The molecule has 0 radical (unpaired) electrons. The molecule has 0 amide bonds. The molecule has 0 aliphatic rings. The van der Waals surface area contributed by atoms with E-state index in [4.69, 9.17) is 5.14 Å². The average Bonchev–Trinajstić information content (AvgIpc) is 2.58. The monoisotopic (exact) mass is 428 g/mol. The molecule has 0 atom stereocenters. The van der Waals surface area contributed by atoms with Gasteiger partial charge >= 0.3 is 6.18 Å². The van der Waals surface area contributed by atoms with Gasteiger partial charge in [-0.05, 0) is 42.3 Å². The Hall–Kier alpha value is -2.85. The van der Waals surface area contributed by atoms with Crippen LogP contribution in [0.5, 0.6) is 0 Å². The van der Waals surface area contributed by atoms with Gasteiger partial charge in [0.1, 0.15) is 11.6 Å². The Labute approximate surface area is 162 Å². The highest BCUT2D eigenvalue weighted by Crippen LogP contribution is 2.37. The highest BCUT2D eigenvalue weighted by atomic mass is 32.2. The van der Waals surface area contributed by atoms with Crippen LogP contribution in [0.4, 0.5) is 22.0 Å². The predicted molar refractivity (Wildman–Crippen MR) is 96.1 cm³/mol. The number of hydrogen-bond acceptors (Lipinski definition) is 3. The third-order valence-corrected chi connectivity index (χ3v) is 5.17. The van der Waals surface area contributed by atoms with Gasteiger partial charge in [-0.2, -0.15) is 13.2 Å². The van der Waals surface area contributed by atoms with Gasteiger partial charge in [0.25, 0.3) is 0 Å². The second-order valence-corrected chi connectivity index (χ2v) is 7.74. The number of aromatic nitrogens is 1. The Morgan fingerprint density at radius 3 is 2.10 bits per heavy atom. The van der Waals surface area contributed by atoms with Gasteiger partial charge in [0.2, 0.25) is 10.0 Å². The number of sulfonamides is 1. The third-order valence-electron chi connectivity index (χ3n) is 4.21. The summed E-state index contributed by atoms with van der Waals surface area (Å²) in [6.45, 7) is 1.29. The number of rotatable bonds is 3. The second kappa shape index (κ2) is 7.20. The van der Waals surface area contributed by atoms with Crippen molar-refractivity contribution in [1.29, 1.82) is 0 Å². The predicted octanol–water partition coefficient (Wildman–Crippen LogP) is 4.67. The van der Waals surface area contributed by atoms with Gasteiger partial charge in [0.05, 0.1) is 11.3 Å². The molecule has 2 aromatic carbocycles. The summed E-state index contributed by atoms with van der Waals surface area (Å²) >= 11 is 0. The first-order chi connectivity index (χ1) is 13.4. The molecule has 0 fully saturated rings. The maximum absolute atomic E-state index is 14.2. The van der Waals surface area contributed by atoms with Crippen LogP contribution < -0.4 is 5.14 Å². The van der Waals surface area contributed by atoms with E-state index >= 15 is 0 Å². The van der Waals surface area contributed by atoms with Gasteiger partial charge in [-0.15, -0.1) is 0 Å². The number of hydrogen-bond donors (Lipinski definition) is 1. The fraction of sp³-hybridized carbons (Fsp3) is 0.105. The number of benzene rings is 2. The fourth-order valence-electron chi connectivity index (χ4n) is 2.99. The van der Waals surface area contributed by atoms with E-state index in [2.05, 4.69) is 4.98 Å². The van der Waals surface area contributed by atoms with Crippen LogP contribution in [0.2, 0.25) is 0 Å². The summed E-state index contributed by atoms with van der Waals surface area (Å²) in [7, 11) is -4.63.